The molecule has 3 N–H and O–H groups in total. The number of nitrogens with two attached hydrogens (primary N) is 1. The van der Waals surface area contributed by atoms with Crippen molar-refractivity contribution in [2.75, 3.05) is 13.7 Å². The molecule has 0 fully saturated rings. The van der Waals surface area contributed by atoms with Crippen molar-refractivity contribution in [3.63, 3.8) is 0 Å². The molecule has 0 aliphatic rings. The van der Waals surface area contributed by atoms with Gasteiger partial charge in [-0.2, -0.15) is 0 Å². The van der Waals surface area contributed by atoms with E-state index in [9.17, 15) is 4.39 Å². The van der Waals surface area contributed by atoms with E-state index < -0.39 is 0 Å². The lowest BCUT2D eigenvalue weighted by atomic mass is 10.2. The van der Waals surface area contributed by atoms with E-state index in [0.717, 1.165) is 15.0 Å². The molecule has 1 aromatic heterocycles. The first-order valence-electron chi connectivity index (χ1n) is 4.88. The van der Waals surface area contributed by atoms with E-state index in [1.165, 1.54) is 23.5 Å². The quantitative estimate of drug-likeness (QED) is 0.636. The molecule has 1 aromatic carbocycles. The Morgan fingerprint density at radius 2 is 2.31 bits per heavy atom. The van der Waals surface area contributed by atoms with Gasteiger partial charge in [-0.3, -0.25) is 5.84 Å². The summed E-state index contributed by atoms with van der Waals surface area (Å²) in [7, 11) is 1.62. The van der Waals surface area contributed by atoms with E-state index >= 15 is 0 Å². The van der Waals surface area contributed by atoms with Gasteiger partial charge in [-0.1, -0.05) is 6.07 Å². The Morgan fingerprint density at radius 3 is 3.00 bits per heavy atom. The molecule has 1 atom stereocenters. The Labute approximate surface area is 97.0 Å². The molecule has 86 valence electrons. The van der Waals surface area contributed by atoms with Crippen LogP contribution in [-0.2, 0) is 4.74 Å². The van der Waals surface area contributed by atoms with Crippen LogP contribution in [-0.4, -0.2) is 13.7 Å². The molecule has 2 rings (SSSR count). The highest BCUT2D eigenvalue weighted by molar-refractivity contribution is 7.19. The summed E-state index contributed by atoms with van der Waals surface area (Å²) in [6.45, 7) is 0.492. The molecule has 0 radical (unpaired) electrons. The molecule has 0 saturated heterocycles. The number of nitrogens with one attached hydrogen (secondary N) is 1. The molecule has 16 heavy (non-hydrogen) atoms. The fourth-order valence-corrected chi connectivity index (χ4v) is 2.71. The Morgan fingerprint density at radius 1 is 1.50 bits per heavy atom. The summed E-state index contributed by atoms with van der Waals surface area (Å²) in [5.74, 6) is 5.23. The lowest BCUT2D eigenvalue weighted by molar-refractivity contribution is 0.168. The van der Waals surface area contributed by atoms with Crippen molar-refractivity contribution in [1.29, 1.82) is 0 Å². The summed E-state index contributed by atoms with van der Waals surface area (Å²) in [5.41, 5.74) is 2.69. The van der Waals surface area contributed by atoms with Gasteiger partial charge in [0.15, 0.2) is 0 Å². The topological polar surface area (TPSA) is 47.3 Å². The van der Waals surface area contributed by atoms with Gasteiger partial charge in [0.1, 0.15) is 5.82 Å². The Balaban J connectivity index is 2.37. The molecule has 1 heterocycles. The van der Waals surface area contributed by atoms with Gasteiger partial charge < -0.3 is 4.74 Å². The molecule has 0 aliphatic carbocycles. The second kappa shape index (κ2) is 4.88. The third-order valence-corrected chi connectivity index (χ3v) is 3.59. The summed E-state index contributed by atoms with van der Waals surface area (Å²) < 4.78 is 19.0. The van der Waals surface area contributed by atoms with Crippen molar-refractivity contribution >= 4 is 21.4 Å². The largest absolute Gasteiger partial charge is 0.383 e. The second-order valence-corrected chi connectivity index (χ2v) is 4.62. The minimum Gasteiger partial charge on any atom is -0.383 e. The number of hydrogen-bond donors (Lipinski definition) is 2. The van der Waals surface area contributed by atoms with E-state index in [-0.39, 0.29) is 11.9 Å². The van der Waals surface area contributed by atoms with Gasteiger partial charge in [0.2, 0.25) is 0 Å². The molecule has 0 saturated carbocycles. The first-order valence-corrected chi connectivity index (χ1v) is 5.70. The molecule has 2 aromatic rings. The van der Waals surface area contributed by atoms with E-state index in [1.54, 1.807) is 13.2 Å². The Hall–Kier alpha value is -1.01. The zero-order chi connectivity index (χ0) is 11.5. The van der Waals surface area contributed by atoms with Crippen LogP contribution in [0.5, 0.6) is 0 Å². The first-order chi connectivity index (χ1) is 7.74. The molecule has 1 unspecified atom stereocenters. The van der Waals surface area contributed by atoms with Crippen LogP contribution in [0.2, 0.25) is 0 Å². The third-order valence-electron chi connectivity index (χ3n) is 2.38. The van der Waals surface area contributed by atoms with E-state index in [2.05, 4.69) is 5.43 Å². The summed E-state index contributed by atoms with van der Waals surface area (Å²) in [6.07, 6.45) is 0. The first kappa shape index (κ1) is 11.5. The highest BCUT2D eigenvalue weighted by atomic mass is 32.1. The van der Waals surface area contributed by atoms with Gasteiger partial charge in [0.05, 0.1) is 12.6 Å². The molecule has 5 heteroatoms. The highest BCUT2D eigenvalue weighted by Gasteiger charge is 2.12. The second-order valence-electron chi connectivity index (χ2n) is 3.51. The van der Waals surface area contributed by atoms with E-state index in [1.807, 2.05) is 6.07 Å². The van der Waals surface area contributed by atoms with Gasteiger partial charge in [-0.15, -0.1) is 11.3 Å². The zero-order valence-electron chi connectivity index (χ0n) is 8.87. The van der Waals surface area contributed by atoms with Crippen LogP contribution in [0, 0.1) is 5.82 Å². The van der Waals surface area contributed by atoms with Crippen LogP contribution in [0.1, 0.15) is 10.9 Å². The maximum absolute atomic E-state index is 13.0. The van der Waals surface area contributed by atoms with Gasteiger partial charge in [-0.25, -0.2) is 9.82 Å². The lowest BCUT2D eigenvalue weighted by Gasteiger charge is -2.11. The van der Waals surface area contributed by atoms with Crippen molar-refractivity contribution < 1.29 is 9.13 Å². The third kappa shape index (κ3) is 2.22. The van der Waals surface area contributed by atoms with Crippen LogP contribution < -0.4 is 11.3 Å². The number of hydrogen-bond acceptors (Lipinski definition) is 4. The van der Waals surface area contributed by atoms with Gasteiger partial charge in [0, 0.05) is 16.7 Å². The van der Waals surface area contributed by atoms with Crippen molar-refractivity contribution in [3.8, 4) is 0 Å². The molecular formula is C11H13FN2OS. The summed E-state index contributed by atoms with van der Waals surface area (Å²) >= 11 is 1.52. The molecule has 3 nitrogen and oxygen atoms in total. The van der Waals surface area contributed by atoms with Crippen molar-refractivity contribution in [2.24, 2.45) is 5.84 Å². The fraction of sp³-hybridized carbons (Fsp3) is 0.273. The average Bonchev–Trinajstić information content (AvgIpc) is 2.68. The van der Waals surface area contributed by atoms with E-state index in [4.69, 9.17) is 10.6 Å². The van der Waals surface area contributed by atoms with Crippen molar-refractivity contribution in [3.05, 3.63) is 35.0 Å². The standard InChI is InChI=1S/C11H13FN2OS/c1-15-6-9(14-13)11-4-7-2-3-8(12)5-10(7)16-11/h2-5,9,14H,6,13H2,1H3. The number of halogens is 1. The van der Waals surface area contributed by atoms with Crippen LogP contribution in [0.4, 0.5) is 4.39 Å². The Kier molecular flexibility index (Phi) is 3.50. The normalized spacial score (nSPS) is 13.2. The number of benzene rings is 1. The van der Waals surface area contributed by atoms with Crippen LogP contribution in [0.25, 0.3) is 10.1 Å². The predicted molar refractivity (Wildman–Crippen MR) is 63.7 cm³/mol. The Bertz CT molecular complexity index is 486. The number of hydrazine groups is 1. The molecule has 0 bridgehead atoms. The monoisotopic (exact) mass is 240 g/mol. The lowest BCUT2D eigenvalue weighted by Crippen LogP contribution is -2.30. The van der Waals surface area contributed by atoms with Gasteiger partial charge >= 0.3 is 0 Å². The number of fused-ring (bicyclic) bond motifs is 1. The summed E-state index contributed by atoms with van der Waals surface area (Å²) in [5, 5.41) is 1.03. The highest BCUT2D eigenvalue weighted by Crippen LogP contribution is 2.30. The van der Waals surface area contributed by atoms with E-state index in [0.29, 0.717) is 6.61 Å². The van der Waals surface area contributed by atoms with Crippen molar-refractivity contribution in [2.45, 2.75) is 6.04 Å². The zero-order valence-corrected chi connectivity index (χ0v) is 9.68. The van der Waals surface area contributed by atoms with Crippen LogP contribution in [0.3, 0.4) is 0 Å². The molecule has 0 aliphatic heterocycles. The van der Waals surface area contributed by atoms with Crippen LogP contribution >= 0.6 is 11.3 Å². The van der Waals surface area contributed by atoms with Crippen molar-refractivity contribution in [1.82, 2.24) is 5.43 Å². The number of rotatable bonds is 4. The number of thiophene rings is 1. The minimum absolute atomic E-state index is 0.0505. The number of ether oxygens (including phenoxy) is 1. The van der Waals surface area contributed by atoms with Gasteiger partial charge in [-0.05, 0) is 23.6 Å². The summed E-state index contributed by atoms with van der Waals surface area (Å²) in [4.78, 5) is 1.05. The summed E-state index contributed by atoms with van der Waals surface area (Å²) in [6, 6.07) is 6.71. The SMILES string of the molecule is COCC(NN)c1cc2ccc(F)cc2s1. The minimum atomic E-state index is -0.218. The molecular weight excluding hydrogens is 227 g/mol. The maximum Gasteiger partial charge on any atom is 0.124 e. The maximum atomic E-state index is 13.0. The smallest absolute Gasteiger partial charge is 0.124 e. The molecule has 0 amide bonds. The number of methoxy groups -OCH3 is 1. The van der Waals surface area contributed by atoms with Crippen LogP contribution in [0.15, 0.2) is 24.3 Å². The van der Waals surface area contributed by atoms with Gasteiger partial charge in [0.25, 0.3) is 0 Å². The molecule has 0 spiro atoms. The fourth-order valence-electron chi connectivity index (χ4n) is 1.58. The predicted octanol–water partition coefficient (Wildman–Crippen LogP) is 2.19. The average molecular weight is 240 g/mol.